The fraction of sp³-hybridized carbons (Fsp3) is 0. The van der Waals surface area contributed by atoms with Crippen LogP contribution in [0.3, 0.4) is 0 Å². The van der Waals surface area contributed by atoms with Crippen molar-refractivity contribution in [3.05, 3.63) is 182 Å². The molecule has 0 fully saturated rings. The second-order valence-corrected chi connectivity index (χ2v) is 14.8. The maximum absolute atomic E-state index is 2.46. The molecule has 49 heavy (non-hydrogen) atoms. The van der Waals surface area contributed by atoms with Gasteiger partial charge >= 0.3 is 286 Å². The Morgan fingerprint density at radius 1 is 0.388 bits per heavy atom. The number of fused-ring (bicyclic) bond motifs is 8. The molecule has 2 heterocycles. The summed E-state index contributed by atoms with van der Waals surface area (Å²) in [5.41, 5.74) is 9.40. The molecule has 0 radical (unpaired) electrons. The Bertz CT molecular complexity index is 2830. The Labute approximate surface area is 290 Å². The van der Waals surface area contributed by atoms with Gasteiger partial charge in [-0.2, -0.15) is 0 Å². The zero-order valence-corrected chi connectivity index (χ0v) is 28.3. The van der Waals surface area contributed by atoms with Crippen LogP contribution in [0.15, 0.2) is 182 Å². The van der Waals surface area contributed by atoms with Crippen molar-refractivity contribution in [1.82, 2.24) is 4.57 Å². The third-order valence-corrected chi connectivity index (χ3v) is 12.3. The van der Waals surface area contributed by atoms with E-state index in [-0.39, 0.29) is 14.5 Å². The van der Waals surface area contributed by atoms with Crippen LogP contribution in [0.1, 0.15) is 0 Å². The van der Waals surface area contributed by atoms with Crippen molar-refractivity contribution >= 4 is 83.4 Å². The summed E-state index contributed by atoms with van der Waals surface area (Å²) in [7, 11) is 0. The molecule has 10 aromatic rings. The van der Waals surface area contributed by atoms with E-state index >= 15 is 0 Å². The standard InChI is InChI=1S/C46H30N2Se/c1-3-13-31(14-4-1)32-15-11-18-34(29-32)47(42-23-12-21-40-38(42)27-28-41-39-20-8-10-24-45(39)49-46(40)41)35-25-26-37-36-19-7-9-22-43(36)48(44(37)30-35)33-16-5-2-6-17-33/h1-30H. The van der Waals surface area contributed by atoms with Gasteiger partial charge in [0.15, 0.2) is 0 Å². The summed E-state index contributed by atoms with van der Waals surface area (Å²) in [6.45, 7) is 0. The van der Waals surface area contributed by atoms with Gasteiger partial charge in [0.05, 0.1) is 0 Å². The SMILES string of the molecule is c1ccc(-c2cccc(N(c3ccc4c5ccccc5n(-c5ccccc5)c4c3)c3cccc4c3ccc3c5ccccc5[se]c43)c2)cc1. The molecule has 0 saturated carbocycles. The van der Waals surface area contributed by atoms with Crippen LogP contribution in [0.4, 0.5) is 17.1 Å². The maximum atomic E-state index is 2.46. The first-order valence-corrected chi connectivity index (χ1v) is 18.4. The van der Waals surface area contributed by atoms with E-state index in [2.05, 4.69) is 191 Å². The van der Waals surface area contributed by atoms with E-state index in [0.29, 0.717) is 0 Å². The second-order valence-electron chi connectivity index (χ2n) is 12.6. The fourth-order valence-corrected chi connectivity index (χ4v) is 10.1. The number of rotatable bonds is 5. The number of aromatic nitrogens is 1. The Hall–Kier alpha value is -5.86. The Kier molecular flexibility index (Phi) is 6.55. The van der Waals surface area contributed by atoms with Gasteiger partial charge in [-0.3, -0.25) is 0 Å². The van der Waals surface area contributed by atoms with Gasteiger partial charge in [0.2, 0.25) is 0 Å². The Morgan fingerprint density at radius 2 is 1.00 bits per heavy atom. The van der Waals surface area contributed by atoms with Crippen molar-refractivity contribution in [1.29, 1.82) is 0 Å². The average molecular weight is 690 g/mol. The molecule has 8 aromatic carbocycles. The van der Waals surface area contributed by atoms with Crippen molar-refractivity contribution in [3.8, 4) is 16.8 Å². The van der Waals surface area contributed by atoms with E-state index in [4.69, 9.17) is 0 Å². The molecule has 0 amide bonds. The van der Waals surface area contributed by atoms with Gasteiger partial charge in [-0.15, -0.1) is 0 Å². The number of benzene rings is 8. The quantitative estimate of drug-likeness (QED) is 0.163. The topological polar surface area (TPSA) is 8.17 Å². The summed E-state index contributed by atoms with van der Waals surface area (Å²) in [4.78, 5) is 2.46. The van der Waals surface area contributed by atoms with Gasteiger partial charge in [0.25, 0.3) is 0 Å². The van der Waals surface area contributed by atoms with Crippen LogP contribution in [0.2, 0.25) is 0 Å². The number of nitrogens with zero attached hydrogens (tertiary/aromatic N) is 2. The van der Waals surface area contributed by atoms with Crippen LogP contribution in [0, 0.1) is 0 Å². The molecule has 0 aliphatic heterocycles. The van der Waals surface area contributed by atoms with Crippen molar-refractivity contribution in [2.75, 3.05) is 4.90 Å². The summed E-state index contributed by atoms with van der Waals surface area (Å²) in [6, 6.07) is 66.6. The first kappa shape index (κ1) is 28.2. The van der Waals surface area contributed by atoms with E-state index in [1.165, 1.54) is 68.7 Å². The van der Waals surface area contributed by atoms with Crippen LogP contribution in [0.25, 0.3) is 68.7 Å². The van der Waals surface area contributed by atoms with Gasteiger partial charge in [0, 0.05) is 0 Å². The minimum absolute atomic E-state index is 0.262. The normalized spacial score (nSPS) is 11.7. The monoisotopic (exact) mass is 690 g/mol. The van der Waals surface area contributed by atoms with E-state index in [1.54, 1.807) is 0 Å². The van der Waals surface area contributed by atoms with Crippen molar-refractivity contribution in [3.63, 3.8) is 0 Å². The van der Waals surface area contributed by atoms with E-state index < -0.39 is 0 Å². The van der Waals surface area contributed by atoms with E-state index in [0.717, 1.165) is 17.1 Å². The molecule has 0 aliphatic carbocycles. The molecule has 0 atom stereocenters. The molecule has 0 N–H and O–H groups in total. The van der Waals surface area contributed by atoms with Gasteiger partial charge in [0.1, 0.15) is 0 Å². The Balaban J connectivity index is 1.26. The summed E-state index contributed by atoms with van der Waals surface area (Å²) in [5, 5.41) is 7.88. The molecule has 0 aliphatic rings. The summed E-state index contributed by atoms with van der Waals surface area (Å²) in [5.74, 6) is 0. The number of hydrogen-bond donors (Lipinski definition) is 0. The molecule has 0 bridgehead atoms. The molecular formula is C46H30N2Se. The van der Waals surface area contributed by atoms with Crippen LogP contribution in [-0.2, 0) is 0 Å². The minimum atomic E-state index is 0.262. The van der Waals surface area contributed by atoms with Crippen molar-refractivity contribution in [2.24, 2.45) is 0 Å². The zero-order valence-electron chi connectivity index (χ0n) is 26.6. The first-order chi connectivity index (χ1) is 24.3. The fourth-order valence-electron chi connectivity index (χ4n) is 7.55. The summed E-state index contributed by atoms with van der Waals surface area (Å²) in [6.07, 6.45) is 0. The molecule has 3 heteroatoms. The molecule has 0 unspecified atom stereocenters. The Morgan fingerprint density at radius 3 is 1.88 bits per heavy atom. The molecule has 0 saturated heterocycles. The van der Waals surface area contributed by atoms with Crippen LogP contribution < -0.4 is 4.90 Å². The first-order valence-electron chi connectivity index (χ1n) is 16.7. The zero-order chi connectivity index (χ0) is 32.3. The molecule has 10 rings (SSSR count). The molecule has 0 spiro atoms. The van der Waals surface area contributed by atoms with Crippen molar-refractivity contribution < 1.29 is 0 Å². The number of para-hydroxylation sites is 2. The predicted molar refractivity (Wildman–Crippen MR) is 210 cm³/mol. The van der Waals surface area contributed by atoms with Crippen LogP contribution >= 0.6 is 0 Å². The third kappa shape index (κ3) is 4.55. The van der Waals surface area contributed by atoms with Crippen LogP contribution in [-0.4, -0.2) is 19.1 Å². The summed E-state index contributed by atoms with van der Waals surface area (Å²) < 4.78 is 5.35. The van der Waals surface area contributed by atoms with Gasteiger partial charge in [-0.1, -0.05) is 6.07 Å². The molecule has 2 nitrogen and oxygen atoms in total. The van der Waals surface area contributed by atoms with Gasteiger partial charge < -0.3 is 0 Å². The average Bonchev–Trinajstić information content (AvgIpc) is 3.72. The second kappa shape index (κ2) is 11.4. The summed E-state index contributed by atoms with van der Waals surface area (Å²) >= 11 is 0.262. The van der Waals surface area contributed by atoms with E-state index in [9.17, 15) is 0 Å². The number of hydrogen-bond acceptors (Lipinski definition) is 1. The van der Waals surface area contributed by atoms with Gasteiger partial charge in [-0.05, 0) is 0 Å². The molecule has 230 valence electrons. The van der Waals surface area contributed by atoms with Crippen LogP contribution in [0.5, 0.6) is 0 Å². The van der Waals surface area contributed by atoms with E-state index in [1.807, 2.05) is 0 Å². The number of anilines is 3. The molecule has 2 aromatic heterocycles. The van der Waals surface area contributed by atoms with Gasteiger partial charge in [-0.25, -0.2) is 0 Å². The molecular weight excluding hydrogens is 659 g/mol. The third-order valence-electron chi connectivity index (χ3n) is 9.76. The van der Waals surface area contributed by atoms with Crippen molar-refractivity contribution in [2.45, 2.75) is 0 Å². The predicted octanol–water partition coefficient (Wildman–Crippen LogP) is 12.4.